The maximum Gasteiger partial charge on any atom is 0.228 e. The Hall–Kier alpha value is -2.71. The summed E-state index contributed by atoms with van der Waals surface area (Å²) in [7, 11) is -3.21. The van der Waals surface area contributed by atoms with Crippen molar-refractivity contribution in [1.82, 2.24) is 13.7 Å². The molecular weight excluding hydrogens is 388 g/mol. The highest BCUT2D eigenvalue weighted by atomic mass is 32.2. The van der Waals surface area contributed by atoms with Gasteiger partial charge in [0.05, 0.1) is 6.26 Å². The number of aryl methyl sites for hydroxylation is 1. The van der Waals surface area contributed by atoms with E-state index in [0.29, 0.717) is 31.7 Å². The van der Waals surface area contributed by atoms with E-state index in [1.54, 1.807) is 0 Å². The number of piperidine rings is 1. The van der Waals surface area contributed by atoms with Crippen LogP contribution in [0.4, 0.5) is 5.82 Å². The first kappa shape index (κ1) is 19.6. The van der Waals surface area contributed by atoms with Gasteiger partial charge in [0.2, 0.25) is 15.9 Å². The highest BCUT2D eigenvalue weighted by molar-refractivity contribution is 7.88. The van der Waals surface area contributed by atoms with Crippen molar-refractivity contribution in [2.75, 3.05) is 24.7 Å². The molecule has 3 aromatic rings. The Bertz CT molecular complexity index is 1150. The van der Waals surface area contributed by atoms with Crippen molar-refractivity contribution in [3.8, 4) is 11.3 Å². The number of carbonyl (C=O) groups is 1. The molecular formula is C21H24N4O3S. The van der Waals surface area contributed by atoms with Crippen molar-refractivity contribution in [1.29, 1.82) is 0 Å². The molecule has 0 aliphatic carbocycles. The quantitative estimate of drug-likeness (QED) is 0.714. The minimum atomic E-state index is -3.21. The van der Waals surface area contributed by atoms with Gasteiger partial charge < -0.3 is 5.32 Å². The standard InChI is InChI=1S/C21H24N4O3S/c1-15-7-6-12-25-19(15)22-18(16-8-4-3-5-9-16)20(25)23-21(26)17-10-13-24(14-11-17)29(2,27)28/h3-9,12,17H,10-11,13-14H2,1-2H3,(H,23,26). The van der Waals surface area contributed by atoms with Crippen molar-refractivity contribution in [2.24, 2.45) is 5.92 Å². The third-order valence-corrected chi connectivity index (χ3v) is 6.73. The van der Waals surface area contributed by atoms with Gasteiger partial charge in [0.1, 0.15) is 17.2 Å². The number of sulfonamides is 1. The second kappa shape index (κ2) is 7.61. The maximum atomic E-state index is 13.0. The number of imidazole rings is 1. The molecule has 1 aromatic carbocycles. The Kier molecular flexibility index (Phi) is 5.14. The fraction of sp³-hybridized carbons (Fsp3) is 0.333. The van der Waals surface area contributed by atoms with Crippen molar-refractivity contribution in [2.45, 2.75) is 19.8 Å². The van der Waals surface area contributed by atoms with Crippen LogP contribution < -0.4 is 5.32 Å². The molecule has 1 aliphatic heterocycles. The number of hydrogen-bond donors (Lipinski definition) is 1. The largest absolute Gasteiger partial charge is 0.310 e. The van der Waals surface area contributed by atoms with Crippen LogP contribution >= 0.6 is 0 Å². The van der Waals surface area contributed by atoms with Gasteiger partial charge in [-0.3, -0.25) is 9.20 Å². The van der Waals surface area contributed by atoms with E-state index < -0.39 is 10.0 Å². The van der Waals surface area contributed by atoms with Crippen LogP contribution in [0.3, 0.4) is 0 Å². The van der Waals surface area contributed by atoms with Gasteiger partial charge >= 0.3 is 0 Å². The molecule has 1 N–H and O–H groups in total. The van der Waals surface area contributed by atoms with Gasteiger partial charge in [0, 0.05) is 30.8 Å². The van der Waals surface area contributed by atoms with E-state index in [9.17, 15) is 13.2 Å². The molecule has 0 radical (unpaired) electrons. The third-order valence-electron chi connectivity index (χ3n) is 5.43. The van der Waals surface area contributed by atoms with Gasteiger partial charge in [-0.2, -0.15) is 0 Å². The maximum absolute atomic E-state index is 13.0. The second-order valence-electron chi connectivity index (χ2n) is 7.49. The fourth-order valence-corrected chi connectivity index (χ4v) is 4.66. The number of pyridine rings is 1. The second-order valence-corrected chi connectivity index (χ2v) is 9.47. The molecule has 1 aliphatic rings. The minimum absolute atomic E-state index is 0.0985. The molecule has 0 atom stereocenters. The number of aromatic nitrogens is 2. The smallest absolute Gasteiger partial charge is 0.228 e. The van der Waals surface area contributed by atoms with Gasteiger partial charge in [-0.1, -0.05) is 36.4 Å². The zero-order valence-corrected chi connectivity index (χ0v) is 17.3. The summed E-state index contributed by atoms with van der Waals surface area (Å²) in [6.07, 6.45) is 4.12. The van der Waals surface area contributed by atoms with Crippen LogP contribution in [0.25, 0.3) is 16.9 Å². The van der Waals surface area contributed by atoms with E-state index >= 15 is 0 Å². The molecule has 152 valence electrons. The third kappa shape index (κ3) is 3.90. The number of rotatable bonds is 4. The Morgan fingerprint density at radius 1 is 1.10 bits per heavy atom. The van der Waals surface area contributed by atoms with E-state index in [4.69, 9.17) is 4.98 Å². The number of fused-ring (bicyclic) bond motifs is 1. The first-order valence-electron chi connectivity index (χ1n) is 9.63. The van der Waals surface area contributed by atoms with Crippen LogP contribution in [0.5, 0.6) is 0 Å². The molecule has 3 heterocycles. The molecule has 1 fully saturated rings. The van der Waals surface area contributed by atoms with Gasteiger partial charge in [0.25, 0.3) is 0 Å². The lowest BCUT2D eigenvalue weighted by atomic mass is 9.97. The first-order valence-corrected chi connectivity index (χ1v) is 11.5. The van der Waals surface area contributed by atoms with Crippen LogP contribution in [0, 0.1) is 12.8 Å². The van der Waals surface area contributed by atoms with Crippen LogP contribution in [-0.2, 0) is 14.8 Å². The van der Waals surface area contributed by atoms with Crippen molar-refractivity contribution >= 4 is 27.4 Å². The van der Waals surface area contributed by atoms with Gasteiger partial charge in [-0.05, 0) is 31.4 Å². The van der Waals surface area contributed by atoms with Crippen LogP contribution in [0.15, 0.2) is 48.7 Å². The number of nitrogens with one attached hydrogen (secondary N) is 1. The van der Waals surface area contributed by atoms with E-state index in [0.717, 1.165) is 22.5 Å². The predicted molar refractivity (Wildman–Crippen MR) is 113 cm³/mol. The highest BCUT2D eigenvalue weighted by Crippen LogP contribution is 2.31. The van der Waals surface area contributed by atoms with Gasteiger partial charge in [-0.25, -0.2) is 17.7 Å². The van der Waals surface area contributed by atoms with E-state index in [-0.39, 0.29) is 11.8 Å². The molecule has 0 unspecified atom stereocenters. The molecule has 1 amide bonds. The molecule has 7 nitrogen and oxygen atoms in total. The van der Waals surface area contributed by atoms with Crippen molar-refractivity contribution in [3.05, 3.63) is 54.2 Å². The number of anilines is 1. The van der Waals surface area contributed by atoms with Crippen LogP contribution in [-0.4, -0.2) is 47.4 Å². The lowest BCUT2D eigenvalue weighted by molar-refractivity contribution is -0.120. The van der Waals surface area contributed by atoms with Crippen LogP contribution in [0.1, 0.15) is 18.4 Å². The Labute approximate surface area is 170 Å². The minimum Gasteiger partial charge on any atom is -0.310 e. The lowest BCUT2D eigenvalue weighted by Crippen LogP contribution is -2.41. The van der Waals surface area contributed by atoms with E-state index in [2.05, 4.69) is 5.32 Å². The van der Waals surface area contributed by atoms with E-state index in [1.807, 2.05) is 60.0 Å². The number of amides is 1. The summed E-state index contributed by atoms with van der Waals surface area (Å²) in [4.78, 5) is 17.8. The molecule has 4 rings (SSSR count). The Morgan fingerprint density at radius 3 is 2.45 bits per heavy atom. The first-order chi connectivity index (χ1) is 13.8. The van der Waals surface area contributed by atoms with Gasteiger partial charge in [0.15, 0.2) is 0 Å². The summed E-state index contributed by atoms with van der Waals surface area (Å²) in [5.41, 5.74) is 3.47. The van der Waals surface area contributed by atoms with Crippen LogP contribution in [0.2, 0.25) is 0 Å². The Morgan fingerprint density at radius 2 is 1.79 bits per heavy atom. The summed E-state index contributed by atoms with van der Waals surface area (Å²) in [6.45, 7) is 2.73. The Balaban J connectivity index is 1.64. The number of benzene rings is 1. The topological polar surface area (TPSA) is 83.8 Å². The molecule has 0 bridgehead atoms. The van der Waals surface area contributed by atoms with Crippen molar-refractivity contribution < 1.29 is 13.2 Å². The number of nitrogens with zero attached hydrogens (tertiary/aromatic N) is 3. The highest BCUT2D eigenvalue weighted by Gasteiger charge is 2.30. The summed E-state index contributed by atoms with van der Waals surface area (Å²) in [6, 6.07) is 13.7. The predicted octanol–water partition coefficient (Wildman–Crippen LogP) is 2.92. The molecule has 0 spiro atoms. The molecule has 2 aromatic heterocycles. The SMILES string of the molecule is Cc1cccn2c(NC(=O)C3CCN(S(C)(=O)=O)CC3)c(-c3ccccc3)nc12. The van der Waals surface area contributed by atoms with Crippen molar-refractivity contribution in [3.63, 3.8) is 0 Å². The number of carbonyl (C=O) groups excluding carboxylic acids is 1. The average Bonchev–Trinajstić information content (AvgIpc) is 3.08. The fourth-order valence-electron chi connectivity index (χ4n) is 3.79. The summed E-state index contributed by atoms with van der Waals surface area (Å²) in [5, 5.41) is 3.08. The lowest BCUT2D eigenvalue weighted by Gasteiger charge is -2.29. The molecule has 29 heavy (non-hydrogen) atoms. The number of hydrogen-bond acceptors (Lipinski definition) is 4. The van der Waals surface area contributed by atoms with E-state index in [1.165, 1.54) is 10.6 Å². The van der Waals surface area contributed by atoms with Gasteiger partial charge in [-0.15, -0.1) is 0 Å². The average molecular weight is 413 g/mol. The molecule has 1 saturated heterocycles. The summed E-state index contributed by atoms with van der Waals surface area (Å²) in [5.74, 6) is 0.316. The molecule has 8 heteroatoms. The monoisotopic (exact) mass is 412 g/mol. The zero-order chi connectivity index (χ0) is 20.6. The zero-order valence-electron chi connectivity index (χ0n) is 16.5. The summed E-state index contributed by atoms with van der Waals surface area (Å²) < 4.78 is 26.8. The summed E-state index contributed by atoms with van der Waals surface area (Å²) >= 11 is 0. The molecule has 0 saturated carbocycles. The normalized spacial score (nSPS) is 16.2.